The molecule has 0 saturated carbocycles. The van der Waals surface area contributed by atoms with Gasteiger partial charge in [-0.3, -0.25) is 9.59 Å². The number of ether oxygens (including phenoxy) is 2. The molecule has 0 fully saturated rings. The second-order valence-electron chi connectivity index (χ2n) is 5.27. The average Bonchev–Trinajstić information content (AvgIpc) is 2.61. The summed E-state index contributed by atoms with van der Waals surface area (Å²) >= 11 is 0. The molecule has 24 heavy (non-hydrogen) atoms. The number of carbonyl (C=O) groups excluding carboxylic acids is 2. The first-order valence-electron chi connectivity index (χ1n) is 7.76. The first kappa shape index (κ1) is 17.5. The molecule has 0 saturated heterocycles. The summed E-state index contributed by atoms with van der Waals surface area (Å²) in [5.74, 6) is -0.00250. The zero-order chi connectivity index (χ0) is 17.2. The van der Waals surface area contributed by atoms with Gasteiger partial charge in [-0.25, -0.2) is 0 Å². The van der Waals surface area contributed by atoms with Crippen LogP contribution in [0, 0.1) is 0 Å². The van der Waals surface area contributed by atoms with E-state index in [9.17, 15) is 9.59 Å². The Bertz CT molecular complexity index is 653. The van der Waals surface area contributed by atoms with Gasteiger partial charge in [0.25, 0.3) is 5.91 Å². The summed E-state index contributed by atoms with van der Waals surface area (Å²) in [5, 5.41) is 2.73. The van der Waals surface area contributed by atoms with Crippen molar-refractivity contribution in [2.24, 2.45) is 0 Å². The highest BCUT2D eigenvalue weighted by Crippen LogP contribution is 2.11. The lowest BCUT2D eigenvalue weighted by Crippen LogP contribution is -2.30. The van der Waals surface area contributed by atoms with Crippen LogP contribution >= 0.6 is 0 Å². The zero-order valence-electron chi connectivity index (χ0n) is 13.7. The maximum Gasteiger partial charge on any atom is 0.310 e. The fraction of sp³-hybridized carbons (Fsp3) is 0.263. The zero-order valence-corrected chi connectivity index (χ0v) is 13.7. The molecule has 0 heterocycles. The lowest BCUT2D eigenvalue weighted by Gasteiger charge is -2.07. The maximum atomic E-state index is 11.7. The molecule has 5 heteroatoms. The summed E-state index contributed by atoms with van der Waals surface area (Å²) in [7, 11) is 1.58. The van der Waals surface area contributed by atoms with E-state index in [2.05, 4.69) is 5.32 Å². The number of esters is 1. The molecular weight excluding hydrogens is 306 g/mol. The molecule has 0 aliphatic rings. The van der Waals surface area contributed by atoms with Gasteiger partial charge in [-0.1, -0.05) is 42.5 Å². The Balaban J connectivity index is 1.64. The maximum absolute atomic E-state index is 11.7. The normalized spacial score (nSPS) is 10.0. The largest absolute Gasteiger partial charge is 0.497 e. The topological polar surface area (TPSA) is 64.6 Å². The quantitative estimate of drug-likeness (QED) is 0.755. The van der Waals surface area contributed by atoms with Gasteiger partial charge in [-0.2, -0.15) is 0 Å². The van der Waals surface area contributed by atoms with Crippen molar-refractivity contribution >= 4 is 11.9 Å². The Morgan fingerprint density at radius 2 is 1.67 bits per heavy atom. The fourth-order valence-electron chi connectivity index (χ4n) is 2.15. The summed E-state index contributed by atoms with van der Waals surface area (Å²) in [5.41, 5.74) is 1.96. The third kappa shape index (κ3) is 6.12. The highest BCUT2D eigenvalue weighted by atomic mass is 16.5. The highest BCUT2D eigenvalue weighted by molar-refractivity contribution is 5.81. The van der Waals surface area contributed by atoms with Crippen LogP contribution in [0.1, 0.15) is 11.1 Å². The van der Waals surface area contributed by atoms with Crippen LogP contribution in [-0.4, -0.2) is 32.1 Å². The molecule has 126 valence electrons. The van der Waals surface area contributed by atoms with Crippen LogP contribution in [0.15, 0.2) is 54.6 Å². The van der Waals surface area contributed by atoms with Crippen molar-refractivity contribution in [2.45, 2.75) is 12.8 Å². The van der Waals surface area contributed by atoms with Crippen LogP contribution < -0.4 is 10.1 Å². The molecular formula is C19H21NO4. The van der Waals surface area contributed by atoms with Gasteiger partial charge in [0.15, 0.2) is 6.61 Å². The van der Waals surface area contributed by atoms with Crippen molar-refractivity contribution in [2.75, 3.05) is 20.3 Å². The second kappa shape index (κ2) is 9.35. The molecule has 5 nitrogen and oxygen atoms in total. The predicted molar refractivity (Wildman–Crippen MR) is 90.8 cm³/mol. The Kier molecular flexibility index (Phi) is 6.83. The highest BCUT2D eigenvalue weighted by Gasteiger charge is 2.08. The van der Waals surface area contributed by atoms with Crippen LogP contribution in [0.5, 0.6) is 5.75 Å². The molecule has 1 N–H and O–H groups in total. The summed E-state index contributed by atoms with van der Waals surface area (Å²) in [6.45, 7) is 0.253. The summed E-state index contributed by atoms with van der Waals surface area (Å²) in [6.07, 6.45) is 0.869. The number of carbonyl (C=O) groups is 2. The van der Waals surface area contributed by atoms with Gasteiger partial charge in [0, 0.05) is 6.54 Å². The average molecular weight is 327 g/mol. The van der Waals surface area contributed by atoms with Crippen molar-refractivity contribution in [1.29, 1.82) is 0 Å². The van der Waals surface area contributed by atoms with E-state index in [4.69, 9.17) is 9.47 Å². The van der Waals surface area contributed by atoms with E-state index in [0.29, 0.717) is 6.54 Å². The predicted octanol–water partition coefficient (Wildman–Crippen LogP) is 2.14. The SMILES string of the molecule is COc1ccc(CC(=O)OCC(=O)NCCc2ccccc2)cc1. The van der Waals surface area contributed by atoms with Crippen LogP contribution in [0.3, 0.4) is 0 Å². The number of hydrogen-bond acceptors (Lipinski definition) is 4. The van der Waals surface area contributed by atoms with Crippen LogP contribution in [0.4, 0.5) is 0 Å². The van der Waals surface area contributed by atoms with Gasteiger partial charge in [-0.15, -0.1) is 0 Å². The minimum Gasteiger partial charge on any atom is -0.497 e. The monoisotopic (exact) mass is 327 g/mol. The van der Waals surface area contributed by atoms with E-state index in [1.54, 1.807) is 31.4 Å². The molecule has 0 radical (unpaired) electrons. The molecule has 0 atom stereocenters. The molecule has 2 aromatic rings. The lowest BCUT2D eigenvalue weighted by molar-refractivity contribution is -0.147. The number of nitrogens with one attached hydrogen (secondary N) is 1. The van der Waals surface area contributed by atoms with Gasteiger partial charge < -0.3 is 14.8 Å². The molecule has 0 spiro atoms. The Hall–Kier alpha value is -2.82. The van der Waals surface area contributed by atoms with Crippen LogP contribution in [0.2, 0.25) is 0 Å². The van der Waals surface area contributed by atoms with Crippen LogP contribution in [0.25, 0.3) is 0 Å². The van der Waals surface area contributed by atoms with Crippen LogP contribution in [-0.2, 0) is 27.2 Å². The number of hydrogen-bond donors (Lipinski definition) is 1. The standard InChI is InChI=1S/C19H21NO4/c1-23-17-9-7-16(8-10-17)13-19(22)24-14-18(21)20-12-11-15-5-3-2-4-6-15/h2-10H,11-14H2,1H3,(H,20,21). The number of benzene rings is 2. The van der Waals surface area contributed by atoms with E-state index in [1.807, 2.05) is 30.3 Å². The van der Waals surface area contributed by atoms with E-state index in [-0.39, 0.29) is 18.9 Å². The molecule has 2 aromatic carbocycles. The Morgan fingerprint density at radius 3 is 2.33 bits per heavy atom. The van der Waals surface area contributed by atoms with Crippen molar-refractivity contribution in [3.63, 3.8) is 0 Å². The number of rotatable bonds is 8. The van der Waals surface area contributed by atoms with E-state index >= 15 is 0 Å². The first-order valence-corrected chi connectivity index (χ1v) is 7.76. The molecule has 1 amide bonds. The molecule has 0 aromatic heterocycles. The van der Waals surface area contributed by atoms with Crippen molar-refractivity contribution in [1.82, 2.24) is 5.32 Å². The summed E-state index contributed by atoms with van der Waals surface area (Å²) in [6, 6.07) is 17.0. The van der Waals surface area contributed by atoms with E-state index < -0.39 is 5.97 Å². The molecule has 0 aliphatic carbocycles. The molecule has 0 bridgehead atoms. The minimum absolute atomic E-state index is 0.126. The van der Waals surface area contributed by atoms with Gasteiger partial charge in [0.2, 0.25) is 0 Å². The van der Waals surface area contributed by atoms with Gasteiger partial charge in [0.05, 0.1) is 13.5 Å². The Labute approximate surface area is 141 Å². The molecule has 0 aliphatic heterocycles. The van der Waals surface area contributed by atoms with Gasteiger partial charge >= 0.3 is 5.97 Å². The molecule has 0 unspecified atom stereocenters. The first-order chi connectivity index (χ1) is 11.7. The third-order valence-electron chi connectivity index (χ3n) is 3.45. The van der Waals surface area contributed by atoms with Gasteiger partial charge in [0.1, 0.15) is 5.75 Å². The number of amides is 1. The van der Waals surface area contributed by atoms with Crippen molar-refractivity contribution in [3.8, 4) is 5.75 Å². The van der Waals surface area contributed by atoms with E-state index in [0.717, 1.165) is 23.3 Å². The van der Waals surface area contributed by atoms with Crippen molar-refractivity contribution in [3.05, 3.63) is 65.7 Å². The van der Waals surface area contributed by atoms with E-state index in [1.165, 1.54) is 0 Å². The lowest BCUT2D eigenvalue weighted by atomic mass is 10.1. The van der Waals surface area contributed by atoms with Gasteiger partial charge in [-0.05, 0) is 29.7 Å². The second-order valence-corrected chi connectivity index (χ2v) is 5.27. The Morgan fingerprint density at radius 1 is 0.958 bits per heavy atom. The summed E-state index contributed by atoms with van der Waals surface area (Å²) < 4.78 is 10.0. The smallest absolute Gasteiger partial charge is 0.310 e. The molecule has 2 rings (SSSR count). The summed E-state index contributed by atoms with van der Waals surface area (Å²) in [4.78, 5) is 23.4. The minimum atomic E-state index is -0.432. The fourth-order valence-corrected chi connectivity index (χ4v) is 2.15. The number of methoxy groups -OCH3 is 1. The van der Waals surface area contributed by atoms with Crippen molar-refractivity contribution < 1.29 is 19.1 Å². The third-order valence-corrected chi connectivity index (χ3v) is 3.45.